The topological polar surface area (TPSA) is 54.9 Å². The molecule has 0 radical (unpaired) electrons. The van der Waals surface area contributed by atoms with Gasteiger partial charge in [-0.1, -0.05) is 48.4 Å². The number of rotatable bonds is 7. The largest absolute Gasteiger partial charge is 0.486 e. The highest BCUT2D eigenvalue weighted by molar-refractivity contribution is 7.22. The lowest BCUT2D eigenvalue weighted by molar-refractivity contribution is 0.0984. The zero-order valence-corrected chi connectivity index (χ0v) is 19.7. The third-order valence-corrected chi connectivity index (χ3v) is 6.80. The van der Waals surface area contributed by atoms with Gasteiger partial charge in [-0.2, -0.15) is 0 Å². The lowest BCUT2D eigenvalue weighted by Gasteiger charge is -2.25. The number of likely N-dealkylation sites (N-methyl/N-ethyl adjacent to an activating group) is 1. The van der Waals surface area contributed by atoms with Crippen LogP contribution in [0.1, 0.15) is 24.2 Å². The van der Waals surface area contributed by atoms with E-state index in [1.54, 1.807) is 23.1 Å². The third-order valence-electron chi connectivity index (χ3n) is 5.21. The van der Waals surface area contributed by atoms with Crippen molar-refractivity contribution in [3.63, 3.8) is 0 Å². The van der Waals surface area contributed by atoms with Crippen molar-refractivity contribution in [1.29, 1.82) is 0 Å². The van der Waals surface area contributed by atoms with Gasteiger partial charge in [-0.25, -0.2) is 4.98 Å². The number of benzene rings is 2. The highest BCUT2D eigenvalue weighted by Crippen LogP contribution is 2.39. The van der Waals surface area contributed by atoms with Gasteiger partial charge in [-0.3, -0.25) is 9.69 Å². The van der Waals surface area contributed by atoms with Crippen molar-refractivity contribution >= 4 is 55.8 Å². The molecular weight excluding hydrogens is 457 g/mol. The maximum Gasteiger partial charge on any atom is 0.261 e. The van der Waals surface area contributed by atoms with Gasteiger partial charge >= 0.3 is 0 Å². The Kier molecular flexibility index (Phi) is 6.86. The van der Waals surface area contributed by atoms with Crippen LogP contribution in [0.15, 0.2) is 30.3 Å². The molecule has 0 unspecified atom stereocenters. The van der Waals surface area contributed by atoms with Crippen LogP contribution in [0.25, 0.3) is 10.2 Å². The van der Waals surface area contributed by atoms with Crippen LogP contribution < -0.4 is 14.4 Å². The summed E-state index contributed by atoms with van der Waals surface area (Å²) in [6.45, 7) is 8.27. The first-order valence-electron chi connectivity index (χ1n) is 10.2. The van der Waals surface area contributed by atoms with E-state index in [2.05, 4.69) is 18.7 Å². The smallest absolute Gasteiger partial charge is 0.261 e. The molecule has 4 rings (SSSR count). The van der Waals surface area contributed by atoms with Crippen LogP contribution in [0.4, 0.5) is 5.13 Å². The zero-order chi connectivity index (χ0) is 22.0. The van der Waals surface area contributed by atoms with E-state index in [1.807, 2.05) is 12.1 Å². The van der Waals surface area contributed by atoms with Crippen LogP contribution in [-0.2, 0) is 0 Å². The lowest BCUT2D eigenvalue weighted by Crippen LogP contribution is -2.39. The highest BCUT2D eigenvalue weighted by atomic mass is 35.5. The molecule has 0 N–H and O–H groups in total. The highest BCUT2D eigenvalue weighted by Gasteiger charge is 2.25. The van der Waals surface area contributed by atoms with Crippen LogP contribution in [0.3, 0.4) is 0 Å². The maximum absolute atomic E-state index is 13.5. The summed E-state index contributed by atoms with van der Waals surface area (Å²) in [5.74, 6) is 1.18. The van der Waals surface area contributed by atoms with E-state index >= 15 is 0 Å². The fourth-order valence-corrected chi connectivity index (χ4v) is 4.93. The monoisotopic (exact) mass is 479 g/mol. The lowest BCUT2D eigenvalue weighted by atomic mass is 10.2. The fourth-order valence-electron chi connectivity index (χ4n) is 3.44. The fraction of sp³-hybridized carbons (Fsp3) is 0.364. The van der Waals surface area contributed by atoms with Gasteiger partial charge in [0.1, 0.15) is 13.2 Å². The summed E-state index contributed by atoms with van der Waals surface area (Å²) in [4.78, 5) is 22.2. The Balaban J connectivity index is 1.71. The molecule has 0 fully saturated rings. The van der Waals surface area contributed by atoms with E-state index in [-0.39, 0.29) is 5.91 Å². The molecule has 164 valence electrons. The number of fused-ring (bicyclic) bond motifs is 2. The van der Waals surface area contributed by atoms with Gasteiger partial charge in [-0.15, -0.1) is 0 Å². The molecule has 1 aliphatic heterocycles. The van der Waals surface area contributed by atoms with Crippen molar-refractivity contribution in [3.05, 3.63) is 45.9 Å². The van der Waals surface area contributed by atoms with E-state index in [4.69, 9.17) is 37.7 Å². The molecule has 2 heterocycles. The predicted octanol–water partition coefficient (Wildman–Crippen LogP) is 5.36. The minimum atomic E-state index is -0.204. The van der Waals surface area contributed by atoms with E-state index in [9.17, 15) is 4.79 Å². The molecule has 0 saturated heterocycles. The number of carbonyl (C=O) groups excluding carboxylic acids is 1. The van der Waals surface area contributed by atoms with Crippen molar-refractivity contribution in [1.82, 2.24) is 9.88 Å². The number of ether oxygens (including phenoxy) is 2. The molecular formula is C22H23Cl2N3O3S. The van der Waals surface area contributed by atoms with Crippen molar-refractivity contribution in [3.8, 4) is 11.5 Å². The van der Waals surface area contributed by atoms with Gasteiger partial charge in [0.2, 0.25) is 0 Å². The Labute approximate surface area is 195 Å². The third kappa shape index (κ3) is 4.75. The second-order valence-corrected chi connectivity index (χ2v) is 8.92. The Bertz CT molecular complexity index is 1060. The number of carbonyl (C=O) groups is 1. The Morgan fingerprint density at radius 1 is 1.06 bits per heavy atom. The molecule has 1 aliphatic rings. The molecule has 31 heavy (non-hydrogen) atoms. The number of halogens is 2. The number of amides is 1. The molecule has 3 aromatic rings. The van der Waals surface area contributed by atoms with Gasteiger partial charge < -0.3 is 14.4 Å². The van der Waals surface area contributed by atoms with Crippen LogP contribution in [0.5, 0.6) is 11.5 Å². The van der Waals surface area contributed by atoms with Crippen molar-refractivity contribution in [2.24, 2.45) is 0 Å². The Morgan fingerprint density at radius 2 is 1.77 bits per heavy atom. The van der Waals surface area contributed by atoms with Gasteiger partial charge in [0.25, 0.3) is 5.91 Å². The Morgan fingerprint density at radius 3 is 2.45 bits per heavy atom. The molecule has 1 aromatic heterocycles. The maximum atomic E-state index is 13.5. The SMILES string of the molecule is CCN(CC)CCN(C(=O)c1ccc(Cl)cc1Cl)c1nc2cc3c(cc2s1)OCCO3. The first kappa shape index (κ1) is 22.1. The quantitative estimate of drug-likeness (QED) is 0.456. The standard InChI is InChI=1S/C22H23Cl2N3O3S/c1-3-26(4-2)7-8-27(21(28)15-6-5-14(23)11-16(15)24)22-25-17-12-18-19(13-20(17)31-22)30-10-9-29-18/h5-6,11-13H,3-4,7-10H2,1-2H3. The molecule has 1 amide bonds. The number of aromatic nitrogens is 1. The first-order chi connectivity index (χ1) is 15.0. The summed E-state index contributed by atoms with van der Waals surface area (Å²) in [5, 5.41) is 1.42. The molecule has 0 saturated carbocycles. The van der Waals surface area contributed by atoms with Crippen LogP contribution in [0.2, 0.25) is 10.0 Å². The predicted molar refractivity (Wildman–Crippen MR) is 127 cm³/mol. The number of hydrogen-bond acceptors (Lipinski definition) is 6. The Hall–Kier alpha value is -2.06. The minimum absolute atomic E-state index is 0.204. The molecule has 9 heteroatoms. The van der Waals surface area contributed by atoms with E-state index in [0.29, 0.717) is 52.0 Å². The minimum Gasteiger partial charge on any atom is -0.486 e. The van der Waals surface area contributed by atoms with Crippen LogP contribution >= 0.6 is 34.5 Å². The summed E-state index contributed by atoms with van der Waals surface area (Å²) in [5.41, 5.74) is 1.17. The summed E-state index contributed by atoms with van der Waals surface area (Å²) in [6.07, 6.45) is 0. The van der Waals surface area contributed by atoms with E-state index in [0.717, 1.165) is 29.9 Å². The number of thiazole rings is 1. The molecule has 0 atom stereocenters. The normalized spacial score (nSPS) is 13.1. The summed E-state index contributed by atoms with van der Waals surface area (Å²) in [6, 6.07) is 8.70. The number of nitrogens with zero attached hydrogens (tertiary/aromatic N) is 3. The number of anilines is 1. The molecule has 2 aromatic carbocycles. The molecule has 0 aliphatic carbocycles. The van der Waals surface area contributed by atoms with Crippen molar-refractivity contribution in [2.45, 2.75) is 13.8 Å². The van der Waals surface area contributed by atoms with Gasteiger partial charge in [0.05, 0.1) is 20.8 Å². The van der Waals surface area contributed by atoms with E-state index in [1.165, 1.54) is 11.3 Å². The van der Waals surface area contributed by atoms with Crippen molar-refractivity contribution < 1.29 is 14.3 Å². The summed E-state index contributed by atoms with van der Waals surface area (Å²) in [7, 11) is 0. The zero-order valence-electron chi connectivity index (χ0n) is 17.4. The van der Waals surface area contributed by atoms with Crippen LogP contribution in [-0.4, -0.2) is 55.2 Å². The summed E-state index contributed by atoms with van der Waals surface area (Å²) < 4.78 is 12.3. The average molecular weight is 480 g/mol. The molecule has 0 bridgehead atoms. The van der Waals surface area contributed by atoms with Gasteiger partial charge in [0.15, 0.2) is 16.6 Å². The average Bonchev–Trinajstić information content (AvgIpc) is 3.17. The number of hydrogen-bond donors (Lipinski definition) is 0. The van der Waals surface area contributed by atoms with Gasteiger partial charge in [-0.05, 0) is 31.3 Å². The summed E-state index contributed by atoms with van der Waals surface area (Å²) >= 11 is 13.8. The molecule has 6 nitrogen and oxygen atoms in total. The second kappa shape index (κ2) is 9.61. The van der Waals surface area contributed by atoms with Crippen molar-refractivity contribution in [2.75, 3.05) is 44.3 Å². The van der Waals surface area contributed by atoms with Gasteiger partial charge in [0, 0.05) is 30.2 Å². The molecule has 0 spiro atoms. The second-order valence-electron chi connectivity index (χ2n) is 7.07. The van der Waals surface area contributed by atoms with E-state index < -0.39 is 0 Å². The first-order valence-corrected chi connectivity index (χ1v) is 11.8. The van der Waals surface area contributed by atoms with Crippen LogP contribution in [0, 0.1) is 0 Å².